The van der Waals surface area contributed by atoms with E-state index in [1.807, 2.05) is 27.7 Å². The fourth-order valence-electron chi connectivity index (χ4n) is 1.77. The molecule has 3 nitrogen and oxygen atoms in total. The van der Waals surface area contributed by atoms with Gasteiger partial charge in [0.15, 0.2) is 11.6 Å². The SMILES string of the molecule is CCNC(C)C(O)c1ccc(OC(C)C)c(F)c1. The Hall–Kier alpha value is -1.13. The Morgan fingerprint density at radius 3 is 2.50 bits per heavy atom. The van der Waals surface area contributed by atoms with Gasteiger partial charge < -0.3 is 15.2 Å². The Bertz CT molecular complexity index is 382. The summed E-state index contributed by atoms with van der Waals surface area (Å²) >= 11 is 0. The molecule has 0 bridgehead atoms. The molecule has 1 aromatic carbocycles. The summed E-state index contributed by atoms with van der Waals surface area (Å²) in [6.45, 7) is 8.27. The molecule has 0 aliphatic rings. The van der Waals surface area contributed by atoms with Gasteiger partial charge in [0.05, 0.1) is 12.2 Å². The van der Waals surface area contributed by atoms with Crippen molar-refractivity contribution >= 4 is 0 Å². The van der Waals surface area contributed by atoms with E-state index < -0.39 is 11.9 Å². The third kappa shape index (κ3) is 3.96. The van der Waals surface area contributed by atoms with Gasteiger partial charge >= 0.3 is 0 Å². The minimum atomic E-state index is -0.729. The molecule has 2 N–H and O–H groups in total. The van der Waals surface area contributed by atoms with Crippen LogP contribution in [-0.2, 0) is 0 Å². The summed E-state index contributed by atoms with van der Waals surface area (Å²) in [6, 6.07) is 4.47. The summed E-state index contributed by atoms with van der Waals surface area (Å²) < 4.78 is 19.1. The van der Waals surface area contributed by atoms with Crippen LogP contribution in [0.15, 0.2) is 18.2 Å². The summed E-state index contributed by atoms with van der Waals surface area (Å²) in [4.78, 5) is 0. The van der Waals surface area contributed by atoms with Gasteiger partial charge in [-0.2, -0.15) is 0 Å². The zero-order valence-electron chi connectivity index (χ0n) is 11.4. The lowest BCUT2D eigenvalue weighted by atomic mass is 10.0. The molecule has 0 spiro atoms. The summed E-state index contributed by atoms with van der Waals surface area (Å²) in [5, 5.41) is 13.2. The Balaban J connectivity index is 2.83. The molecule has 1 aromatic rings. The molecule has 18 heavy (non-hydrogen) atoms. The lowest BCUT2D eigenvalue weighted by molar-refractivity contribution is 0.136. The van der Waals surface area contributed by atoms with Crippen molar-refractivity contribution in [2.75, 3.05) is 6.54 Å². The minimum Gasteiger partial charge on any atom is -0.488 e. The number of aliphatic hydroxyl groups is 1. The number of nitrogens with one attached hydrogen (secondary N) is 1. The van der Waals surface area contributed by atoms with Gasteiger partial charge in [-0.25, -0.2) is 4.39 Å². The van der Waals surface area contributed by atoms with Gasteiger partial charge in [-0.1, -0.05) is 13.0 Å². The molecule has 0 radical (unpaired) electrons. The van der Waals surface area contributed by atoms with Crippen molar-refractivity contribution in [2.24, 2.45) is 0 Å². The second kappa shape index (κ2) is 6.71. The van der Waals surface area contributed by atoms with Crippen molar-refractivity contribution in [3.63, 3.8) is 0 Å². The Morgan fingerprint density at radius 2 is 2.00 bits per heavy atom. The number of hydrogen-bond acceptors (Lipinski definition) is 3. The van der Waals surface area contributed by atoms with Gasteiger partial charge in [-0.3, -0.25) is 0 Å². The Labute approximate surface area is 108 Å². The van der Waals surface area contributed by atoms with E-state index in [9.17, 15) is 9.50 Å². The van der Waals surface area contributed by atoms with Crippen molar-refractivity contribution in [3.8, 4) is 5.75 Å². The first kappa shape index (κ1) is 14.9. The molecule has 0 heterocycles. The Kier molecular flexibility index (Phi) is 5.56. The van der Waals surface area contributed by atoms with E-state index in [1.54, 1.807) is 12.1 Å². The maximum Gasteiger partial charge on any atom is 0.165 e. The zero-order chi connectivity index (χ0) is 13.7. The molecule has 2 unspecified atom stereocenters. The smallest absolute Gasteiger partial charge is 0.165 e. The zero-order valence-corrected chi connectivity index (χ0v) is 11.4. The third-order valence-corrected chi connectivity index (χ3v) is 2.66. The number of benzene rings is 1. The predicted molar refractivity (Wildman–Crippen MR) is 70.3 cm³/mol. The molecule has 1 rings (SSSR count). The van der Waals surface area contributed by atoms with E-state index in [4.69, 9.17) is 4.74 Å². The number of ether oxygens (including phenoxy) is 1. The van der Waals surface area contributed by atoms with Crippen LogP contribution in [0.5, 0.6) is 5.75 Å². The van der Waals surface area contributed by atoms with Gasteiger partial charge in [0, 0.05) is 6.04 Å². The molecule has 0 saturated carbocycles. The van der Waals surface area contributed by atoms with E-state index in [1.165, 1.54) is 6.07 Å². The predicted octanol–water partition coefficient (Wildman–Crippen LogP) is 2.64. The maximum atomic E-state index is 13.8. The first-order valence-electron chi connectivity index (χ1n) is 6.33. The molecule has 2 atom stereocenters. The monoisotopic (exact) mass is 255 g/mol. The second-order valence-corrected chi connectivity index (χ2v) is 4.65. The fraction of sp³-hybridized carbons (Fsp3) is 0.571. The standard InChI is InChI=1S/C14H22FNO2/c1-5-16-10(4)14(17)11-6-7-13(12(15)8-11)18-9(2)3/h6-10,14,16-17H,5H2,1-4H3. The van der Waals surface area contributed by atoms with Crippen LogP contribution in [0.4, 0.5) is 4.39 Å². The first-order valence-corrected chi connectivity index (χ1v) is 6.33. The van der Waals surface area contributed by atoms with E-state index in [2.05, 4.69) is 5.32 Å². The third-order valence-electron chi connectivity index (χ3n) is 2.66. The number of rotatable bonds is 6. The molecule has 0 fully saturated rings. The minimum absolute atomic E-state index is 0.0732. The van der Waals surface area contributed by atoms with Gasteiger partial charge in [-0.05, 0) is 45.0 Å². The van der Waals surface area contributed by atoms with Gasteiger partial charge in [0.2, 0.25) is 0 Å². The van der Waals surface area contributed by atoms with Crippen LogP contribution < -0.4 is 10.1 Å². The number of hydrogen-bond donors (Lipinski definition) is 2. The average molecular weight is 255 g/mol. The normalized spacial score (nSPS) is 14.6. The van der Waals surface area contributed by atoms with E-state index >= 15 is 0 Å². The molecule has 0 aromatic heterocycles. The van der Waals surface area contributed by atoms with Crippen molar-refractivity contribution in [1.82, 2.24) is 5.32 Å². The van der Waals surface area contributed by atoms with Crippen molar-refractivity contribution in [1.29, 1.82) is 0 Å². The molecular formula is C14H22FNO2. The highest BCUT2D eigenvalue weighted by Crippen LogP contribution is 2.24. The van der Waals surface area contributed by atoms with E-state index in [-0.39, 0.29) is 17.9 Å². The highest BCUT2D eigenvalue weighted by atomic mass is 19.1. The number of halogens is 1. The first-order chi connectivity index (χ1) is 8.45. The Morgan fingerprint density at radius 1 is 1.33 bits per heavy atom. The number of likely N-dealkylation sites (N-methyl/N-ethyl adjacent to an activating group) is 1. The van der Waals surface area contributed by atoms with Gasteiger partial charge in [-0.15, -0.1) is 0 Å². The topological polar surface area (TPSA) is 41.5 Å². The second-order valence-electron chi connectivity index (χ2n) is 4.65. The molecule has 4 heteroatoms. The number of aliphatic hydroxyl groups excluding tert-OH is 1. The van der Waals surface area contributed by atoms with Crippen LogP contribution >= 0.6 is 0 Å². The molecule has 102 valence electrons. The van der Waals surface area contributed by atoms with Crippen molar-refractivity contribution < 1.29 is 14.2 Å². The van der Waals surface area contributed by atoms with Crippen molar-refractivity contribution in [3.05, 3.63) is 29.6 Å². The molecule has 0 saturated heterocycles. The molecular weight excluding hydrogens is 233 g/mol. The highest BCUT2D eigenvalue weighted by molar-refractivity contribution is 5.31. The van der Waals surface area contributed by atoms with Crippen LogP contribution in [0.2, 0.25) is 0 Å². The van der Waals surface area contributed by atoms with Crippen LogP contribution in [0.25, 0.3) is 0 Å². The van der Waals surface area contributed by atoms with Gasteiger partial charge in [0.1, 0.15) is 0 Å². The summed E-state index contributed by atoms with van der Waals surface area (Å²) in [5.74, 6) is -0.221. The van der Waals surface area contributed by atoms with E-state index in [0.29, 0.717) is 5.56 Å². The quantitative estimate of drug-likeness (QED) is 0.821. The van der Waals surface area contributed by atoms with Crippen LogP contribution in [0.3, 0.4) is 0 Å². The van der Waals surface area contributed by atoms with Crippen LogP contribution in [0.1, 0.15) is 39.4 Å². The van der Waals surface area contributed by atoms with Crippen LogP contribution in [-0.4, -0.2) is 23.8 Å². The largest absolute Gasteiger partial charge is 0.488 e. The highest BCUT2D eigenvalue weighted by Gasteiger charge is 2.17. The maximum absolute atomic E-state index is 13.8. The summed E-state index contributed by atoms with van der Waals surface area (Å²) in [7, 11) is 0. The molecule has 0 aliphatic heterocycles. The fourth-order valence-corrected chi connectivity index (χ4v) is 1.77. The average Bonchev–Trinajstić information content (AvgIpc) is 2.30. The van der Waals surface area contributed by atoms with Crippen molar-refractivity contribution in [2.45, 2.75) is 45.9 Å². The lowest BCUT2D eigenvalue weighted by Crippen LogP contribution is -2.31. The summed E-state index contributed by atoms with van der Waals surface area (Å²) in [6.07, 6.45) is -0.802. The molecule has 0 aliphatic carbocycles. The van der Waals surface area contributed by atoms with E-state index in [0.717, 1.165) is 6.54 Å². The lowest BCUT2D eigenvalue weighted by Gasteiger charge is -2.20. The van der Waals surface area contributed by atoms with Crippen LogP contribution in [0, 0.1) is 5.82 Å². The summed E-state index contributed by atoms with van der Waals surface area (Å²) in [5.41, 5.74) is 0.553. The molecule has 0 amide bonds. The van der Waals surface area contributed by atoms with Gasteiger partial charge in [0.25, 0.3) is 0 Å².